The van der Waals surface area contributed by atoms with Gasteiger partial charge in [0.05, 0.1) is 11.8 Å². The normalized spacial score (nSPS) is 16.0. The fraction of sp³-hybridized carbons (Fsp3) is 0.435. The summed E-state index contributed by atoms with van der Waals surface area (Å²) in [7, 11) is 2.06. The zero-order chi connectivity index (χ0) is 19.9. The molecule has 1 amide bonds. The van der Waals surface area contributed by atoms with E-state index >= 15 is 0 Å². The van der Waals surface area contributed by atoms with Crippen LogP contribution in [0.5, 0.6) is 5.75 Å². The van der Waals surface area contributed by atoms with Gasteiger partial charge in [-0.25, -0.2) is 0 Å². The van der Waals surface area contributed by atoms with E-state index in [1.54, 1.807) is 0 Å². The summed E-state index contributed by atoms with van der Waals surface area (Å²) in [5, 5.41) is 2.98. The molecule has 1 saturated heterocycles. The lowest BCUT2D eigenvalue weighted by molar-refractivity contribution is 0.0681. The molecule has 1 fully saturated rings. The molecule has 5 nitrogen and oxygen atoms in total. The van der Waals surface area contributed by atoms with Crippen LogP contribution < -0.4 is 15.0 Å². The molecule has 28 heavy (non-hydrogen) atoms. The van der Waals surface area contributed by atoms with E-state index in [4.69, 9.17) is 9.47 Å². The molecular formula is C23H30N2O3. The third kappa shape index (κ3) is 5.26. The van der Waals surface area contributed by atoms with Gasteiger partial charge in [0.25, 0.3) is 5.91 Å². The molecule has 0 aromatic heterocycles. The van der Waals surface area contributed by atoms with Crippen LogP contribution >= 0.6 is 0 Å². The maximum Gasteiger partial charge on any atom is 0.255 e. The van der Waals surface area contributed by atoms with Crippen molar-refractivity contribution in [3.63, 3.8) is 0 Å². The van der Waals surface area contributed by atoms with Gasteiger partial charge in [-0.15, -0.1) is 0 Å². The van der Waals surface area contributed by atoms with Crippen molar-refractivity contribution in [3.8, 4) is 5.75 Å². The molecule has 5 heteroatoms. The molecule has 150 valence electrons. The average molecular weight is 383 g/mol. The summed E-state index contributed by atoms with van der Waals surface area (Å²) in [6, 6.07) is 13.5. The Bertz CT molecular complexity index is 783. The first kappa shape index (κ1) is 20.2. The van der Waals surface area contributed by atoms with Gasteiger partial charge in [-0.1, -0.05) is 13.0 Å². The van der Waals surface area contributed by atoms with E-state index < -0.39 is 0 Å². The lowest BCUT2D eigenvalue weighted by Gasteiger charge is -2.18. The number of rotatable bonds is 8. The molecule has 1 N–H and O–H groups in total. The number of aryl methyl sites for hydroxylation is 1. The van der Waals surface area contributed by atoms with Crippen molar-refractivity contribution < 1.29 is 14.3 Å². The molecule has 0 saturated carbocycles. The van der Waals surface area contributed by atoms with Crippen molar-refractivity contribution in [2.45, 2.75) is 39.2 Å². The van der Waals surface area contributed by atoms with Crippen LogP contribution in [0.3, 0.4) is 0 Å². The maximum absolute atomic E-state index is 12.7. The topological polar surface area (TPSA) is 50.8 Å². The zero-order valence-corrected chi connectivity index (χ0v) is 17.0. The third-order valence-electron chi connectivity index (χ3n) is 4.96. The van der Waals surface area contributed by atoms with Crippen LogP contribution in [0.1, 0.15) is 42.1 Å². The predicted octanol–water partition coefficient (Wildman–Crippen LogP) is 4.65. The Hall–Kier alpha value is -2.53. The number of carbonyl (C=O) groups excluding carboxylic acids is 1. The standard InChI is InChI=1S/C23H30N2O3/c1-4-13-25(3)19-10-8-18(9-11-19)23(26)24-21-12-7-17(2)15-22(21)28-16-20-6-5-14-27-20/h7-12,15,20H,4-6,13-14,16H2,1-3H3,(H,24,26). The highest BCUT2D eigenvalue weighted by atomic mass is 16.5. The quantitative estimate of drug-likeness (QED) is 0.722. The molecule has 2 aromatic carbocycles. The van der Waals surface area contributed by atoms with Crippen molar-refractivity contribution in [1.82, 2.24) is 0 Å². The molecule has 0 radical (unpaired) electrons. The number of hydrogen-bond acceptors (Lipinski definition) is 4. The minimum atomic E-state index is -0.143. The molecule has 3 rings (SSSR count). The van der Waals surface area contributed by atoms with E-state index in [1.807, 2.05) is 49.4 Å². The Labute approximate surface area is 167 Å². The van der Waals surface area contributed by atoms with Gasteiger partial charge in [-0.3, -0.25) is 4.79 Å². The summed E-state index contributed by atoms with van der Waals surface area (Å²) in [5.41, 5.74) is 3.50. The Morgan fingerprint density at radius 3 is 2.71 bits per heavy atom. The summed E-state index contributed by atoms with van der Waals surface area (Å²) in [6.07, 6.45) is 3.32. The number of amides is 1. The van der Waals surface area contributed by atoms with Crippen molar-refractivity contribution in [3.05, 3.63) is 53.6 Å². The Morgan fingerprint density at radius 1 is 1.25 bits per heavy atom. The summed E-state index contributed by atoms with van der Waals surface area (Å²) in [6.45, 7) is 6.45. The van der Waals surface area contributed by atoms with E-state index in [2.05, 4.69) is 24.2 Å². The molecule has 2 aromatic rings. The van der Waals surface area contributed by atoms with Gasteiger partial charge in [0, 0.05) is 31.5 Å². The van der Waals surface area contributed by atoms with Crippen molar-refractivity contribution in [2.24, 2.45) is 0 Å². The minimum Gasteiger partial charge on any atom is -0.489 e. The summed E-state index contributed by atoms with van der Waals surface area (Å²) < 4.78 is 11.6. The highest BCUT2D eigenvalue weighted by Crippen LogP contribution is 2.27. The summed E-state index contributed by atoms with van der Waals surface area (Å²) in [5.74, 6) is 0.540. The summed E-state index contributed by atoms with van der Waals surface area (Å²) in [4.78, 5) is 14.9. The van der Waals surface area contributed by atoms with Crippen LogP contribution in [-0.2, 0) is 4.74 Å². The Balaban J connectivity index is 1.67. The van der Waals surface area contributed by atoms with Gasteiger partial charge in [-0.05, 0) is 68.1 Å². The van der Waals surface area contributed by atoms with Gasteiger partial charge in [0.1, 0.15) is 12.4 Å². The Kier molecular flexibility index (Phi) is 6.93. The molecule has 1 heterocycles. The van der Waals surface area contributed by atoms with Gasteiger partial charge >= 0.3 is 0 Å². The molecule has 1 unspecified atom stereocenters. The van der Waals surface area contributed by atoms with Crippen LogP contribution in [0.4, 0.5) is 11.4 Å². The first-order valence-electron chi connectivity index (χ1n) is 10.0. The number of benzene rings is 2. The molecule has 1 atom stereocenters. The monoisotopic (exact) mass is 382 g/mol. The molecule has 0 bridgehead atoms. The number of nitrogens with zero attached hydrogens (tertiary/aromatic N) is 1. The van der Waals surface area contributed by atoms with Crippen molar-refractivity contribution >= 4 is 17.3 Å². The lowest BCUT2D eigenvalue weighted by atomic mass is 10.1. The smallest absolute Gasteiger partial charge is 0.255 e. The van der Waals surface area contributed by atoms with Gasteiger partial charge in [0.15, 0.2) is 0 Å². The molecule has 1 aliphatic heterocycles. The number of ether oxygens (including phenoxy) is 2. The second-order valence-electron chi connectivity index (χ2n) is 7.37. The average Bonchev–Trinajstić information content (AvgIpc) is 3.22. The molecule has 0 aliphatic carbocycles. The first-order chi connectivity index (χ1) is 13.6. The van der Waals surface area contributed by atoms with Gasteiger partial charge < -0.3 is 19.7 Å². The SMILES string of the molecule is CCCN(C)c1ccc(C(=O)Nc2ccc(C)cc2OCC2CCCO2)cc1. The number of carbonyl (C=O) groups is 1. The van der Waals surface area contributed by atoms with Crippen LogP contribution in [0.15, 0.2) is 42.5 Å². The lowest BCUT2D eigenvalue weighted by Crippen LogP contribution is -2.19. The second kappa shape index (κ2) is 9.60. The third-order valence-corrected chi connectivity index (χ3v) is 4.96. The van der Waals surface area contributed by atoms with Crippen LogP contribution in [0, 0.1) is 6.92 Å². The predicted molar refractivity (Wildman–Crippen MR) is 114 cm³/mol. The Morgan fingerprint density at radius 2 is 2.04 bits per heavy atom. The first-order valence-corrected chi connectivity index (χ1v) is 10.0. The molecule has 1 aliphatic rings. The maximum atomic E-state index is 12.7. The van der Waals surface area contributed by atoms with E-state index in [-0.39, 0.29) is 12.0 Å². The number of anilines is 2. The highest BCUT2D eigenvalue weighted by Gasteiger charge is 2.17. The zero-order valence-electron chi connectivity index (χ0n) is 17.0. The largest absolute Gasteiger partial charge is 0.489 e. The van der Waals surface area contributed by atoms with E-state index in [0.717, 1.165) is 43.7 Å². The van der Waals surface area contributed by atoms with Crippen molar-refractivity contribution in [2.75, 3.05) is 37.0 Å². The van der Waals surface area contributed by atoms with Crippen LogP contribution in [-0.4, -0.2) is 38.8 Å². The van der Waals surface area contributed by atoms with E-state index in [0.29, 0.717) is 23.6 Å². The van der Waals surface area contributed by atoms with Crippen molar-refractivity contribution in [1.29, 1.82) is 0 Å². The second-order valence-corrected chi connectivity index (χ2v) is 7.37. The van der Waals surface area contributed by atoms with Crippen LogP contribution in [0.25, 0.3) is 0 Å². The molecule has 0 spiro atoms. The summed E-state index contributed by atoms with van der Waals surface area (Å²) >= 11 is 0. The molecular weight excluding hydrogens is 352 g/mol. The van der Waals surface area contributed by atoms with Crippen LogP contribution in [0.2, 0.25) is 0 Å². The number of nitrogens with one attached hydrogen (secondary N) is 1. The van der Waals surface area contributed by atoms with Gasteiger partial charge in [0.2, 0.25) is 0 Å². The van der Waals surface area contributed by atoms with Gasteiger partial charge in [-0.2, -0.15) is 0 Å². The van der Waals surface area contributed by atoms with E-state index in [1.165, 1.54) is 0 Å². The minimum absolute atomic E-state index is 0.136. The number of hydrogen-bond donors (Lipinski definition) is 1. The van der Waals surface area contributed by atoms with E-state index in [9.17, 15) is 4.79 Å². The fourth-order valence-electron chi connectivity index (χ4n) is 3.34. The fourth-order valence-corrected chi connectivity index (χ4v) is 3.34. The highest BCUT2D eigenvalue weighted by molar-refractivity contribution is 6.05.